The molecule has 0 saturated carbocycles. The predicted octanol–water partition coefficient (Wildman–Crippen LogP) is 4.01. The summed E-state index contributed by atoms with van der Waals surface area (Å²) in [6.45, 7) is 1.95. The zero-order valence-electron chi connectivity index (χ0n) is 10.6. The second-order valence-corrected chi connectivity index (χ2v) is 6.54. The first-order valence-electron chi connectivity index (χ1n) is 5.80. The van der Waals surface area contributed by atoms with Crippen LogP contribution in [0.25, 0.3) is 0 Å². The Labute approximate surface area is 124 Å². The van der Waals surface area contributed by atoms with E-state index in [1.165, 1.54) is 11.3 Å². The highest BCUT2D eigenvalue weighted by Gasteiger charge is 2.13. The van der Waals surface area contributed by atoms with Crippen LogP contribution < -0.4 is 10.1 Å². The van der Waals surface area contributed by atoms with Crippen molar-refractivity contribution in [2.24, 2.45) is 0 Å². The number of nitrogens with one attached hydrogen (secondary N) is 1. The zero-order chi connectivity index (χ0) is 13.8. The Hall–Kier alpha value is -1.33. The van der Waals surface area contributed by atoms with E-state index in [2.05, 4.69) is 21.2 Å². The summed E-state index contributed by atoms with van der Waals surface area (Å²) in [5.41, 5.74) is 1.02. The number of halogens is 1. The molecule has 0 fully saturated rings. The molecule has 0 aliphatic heterocycles. The zero-order valence-corrected chi connectivity index (χ0v) is 13.0. The molecule has 1 aromatic carbocycles. The van der Waals surface area contributed by atoms with Crippen LogP contribution in [0.2, 0.25) is 0 Å². The van der Waals surface area contributed by atoms with Gasteiger partial charge in [-0.1, -0.05) is 12.1 Å². The molecule has 100 valence electrons. The van der Waals surface area contributed by atoms with Crippen molar-refractivity contribution < 1.29 is 9.53 Å². The van der Waals surface area contributed by atoms with Gasteiger partial charge in [-0.3, -0.25) is 4.79 Å². The number of rotatable bonds is 4. The fourth-order valence-electron chi connectivity index (χ4n) is 1.70. The van der Waals surface area contributed by atoms with E-state index in [1.807, 2.05) is 43.3 Å². The highest BCUT2D eigenvalue weighted by molar-refractivity contribution is 9.11. The van der Waals surface area contributed by atoms with E-state index in [0.717, 1.165) is 15.1 Å². The van der Waals surface area contributed by atoms with Gasteiger partial charge in [0, 0.05) is 0 Å². The molecule has 1 heterocycles. The fraction of sp³-hybridized carbons (Fsp3) is 0.214. The van der Waals surface area contributed by atoms with Crippen LogP contribution in [0.4, 0.5) is 0 Å². The van der Waals surface area contributed by atoms with Crippen molar-refractivity contribution in [2.45, 2.75) is 13.0 Å². The molecule has 1 N–H and O–H groups in total. The maximum atomic E-state index is 12.0. The second kappa shape index (κ2) is 6.21. The monoisotopic (exact) mass is 339 g/mol. The van der Waals surface area contributed by atoms with Gasteiger partial charge in [-0.25, -0.2) is 0 Å². The van der Waals surface area contributed by atoms with Crippen LogP contribution in [-0.4, -0.2) is 13.0 Å². The Bertz CT molecular complexity index is 582. The number of hydrogen-bond donors (Lipinski definition) is 1. The number of carbonyl (C=O) groups excluding carboxylic acids is 1. The Morgan fingerprint density at radius 1 is 1.37 bits per heavy atom. The molecular weight excluding hydrogens is 326 g/mol. The van der Waals surface area contributed by atoms with E-state index >= 15 is 0 Å². The predicted molar refractivity (Wildman–Crippen MR) is 80.9 cm³/mol. The number of methoxy groups -OCH3 is 1. The van der Waals surface area contributed by atoms with Gasteiger partial charge >= 0.3 is 0 Å². The summed E-state index contributed by atoms with van der Waals surface area (Å²) in [7, 11) is 1.63. The number of carbonyl (C=O) groups is 1. The minimum Gasteiger partial charge on any atom is -0.497 e. The number of amides is 1. The van der Waals surface area contributed by atoms with Crippen LogP contribution in [0, 0.1) is 0 Å². The Morgan fingerprint density at radius 3 is 2.79 bits per heavy atom. The Kier molecular flexibility index (Phi) is 4.61. The number of ether oxygens (including phenoxy) is 1. The third-order valence-electron chi connectivity index (χ3n) is 2.74. The summed E-state index contributed by atoms with van der Waals surface area (Å²) in [6.07, 6.45) is 0. The molecule has 1 atom stereocenters. The topological polar surface area (TPSA) is 38.3 Å². The number of hydrogen-bond acceptors (Lipinski definition) is 3. The molecule has 1 amide bonds. The van der Waals surface area contributed by atoms with Crippen molar-refractivity contribution in [1.29, 1.82) is 0 Å². The van der Waals surface area contributed by atoms with Gasteiger partial charge in [0.15, 0.2) is 0 Å². The molecule has 0 saturated heterocycles. The minimum atomic E-state index is -0.0662. The van der Waals surface area contributed by atoms with Crippen molar-refractivity contribution in [3.05, 3.63) is 50.6 Å². The number of thiophene rings is 1. The van der Waals surface area contributed by atoms with Crippen molar-refractivity contribution in [3.63, 3.8) is 0 Å². The lowest BCUT2D eigenvalue weighted by molar-refractivity contribution is 0.0944. The molecule has 0 aliphatic rings. The van der Waals surface area contributed by atoms with Gasteiger partial charge in [-0.05, 0) is 52.7 Å². The second-order valence-electron chi connectivity index (χ2n) is 4.08. The maximum Gasteiger partial charge on any atom is 0.261 e. The first kappa shape index (κ1) is 14.1. The van der Waals surface area contributed by atoms with Crippen LogP contribution in [-0.2, 0) is 0 Å². The van der Waals surface area contributed by atoms with Crippen LogP contribution in [0.1, 0.15) is 28.2 Å². The van der Waals surface area contributed by atoms with E-state index in [1.54, 1.807) is 7.11 Å². The summed E-state index contributed by atoms with van der Waals surface area (Å²) >= 11 is 4.77. The summed E-state index contributed by atoms with van der Waals surface area (Å²) in [5.74, 6) is 0.725. The highest BCUT2D eigenvalue weighted by atomic mass is 79.9. The first-order chi connectivity index (χ1) is 9.10. The van der Waals surface area contributed by atoms with Crippen molar-refractivity contribution in [1.82, 2.24) is 5.32 Å². The van der Waals surface area contributed by atoms with E-state index in [-0.39, 0.29) is 11.9 Å². The van der Waals surface area contributed by atoms with Gasteiger partial charge in [0.05, 0.1) is 21.8 Å². The van der Waals surface area contributed by atoms with Crippen molar-refractivity contribution >= 4 is 33.2 Å². The molecule has 2 aromatic rings. The lowest BCUT2D eigenvalue weighted by Crippen LogP contribution is -2.25. The number of benzene rings is 1. The maximum absolute atomic E-state index is 12.0. The van der Waals surface area contributed by atoms with E-state index < -0.39 is 0 Å². The minimum absolute atomic E-state index is 0.0639. The molecule has 5 heteroatoms. The average Bonchev–Trinajstić information content (AvgIpc) is 2.85. The Balaban J connectivity index is 2.08. The van der Waals surface area contributed by atoms with E-state index in [0.29, 0.717) is 4.88 Å². The third kappa shape index (κ3) is 3.58. The largest absolute Gasteiger partial charge is 0.497 e. The summed E-state index contributed by atoms with van der Waals surface area (Å²) < 4.78 is 6.13. The SMILES string of the molecule is COc1cccc(C(C)NC(=O)c2ccc(Br)s2)c1. The van der Waals surface area contributed by atoms with Crippen molar-refractivity contribution in [2.75, 3.05) is 7.11 Å². The van der Waals surface area contributed by atoms with Crippen molar-refractivity contribution in [3.8, 4) is 5.75 Å². The molecule has 0 aliphatic carbocycles. The van der Waals surface area contributed by atoms with Gasteiger partial charge in [-0.2, -0.15) is 0 Å². The Morgan fingerprint density at radius 2 is 2.16 bits per heavy atom. The summed E-state index contributed by atoms with van der Waals surface area (Å²) in [4.78, 5) is 12.7. The van der Waals surface area contributed by atoms with E-state index in [9.17, 15) is 4.79 Å². The molecule has 0 bridgehead atoms. The lowest BCUT2D eigenvalue weighted by Gasteiger charge is -2.14. The molecular formula is C14H14BrNO2S. The lowest BCUT2D eigenvalue weighted by atomic mass is 10.1. The summed E-state index contributed by atoms with van der Waals surface area (Å²) in [5, 5.41) is 2.97. The molecule has 1 aromatic heterocycles. The highest BCUT2D eigenvalue weighted by Crippen LogP contribution is 2.23. The third-order valence-corrected chi connectivity index (χ3v) is 4.36. The molecule has 1 unspecified atom stereocenters. The van der Waals surface area contributed by atoms with Gasteiger partial charge in [0.2, 0.25) is 0 Å². The molecule has 3 nitrogen and oxygen atoms in total. The normalized spacial score (nSPS) is 11.9. The van der Waals surface area contributed by atoms with Gasteiger partial charge < -0.3 is 10.1 Å². The van der Waals surface area contributed by atoms with Gasteiger partial charge in [0.1, 0.15) is 5.75 Å². The summed E-state index contributed by atoms with van der Waals surface area (Å²) in [6, 6.07) is 11.3. The molecule has 2 rings (SSSR count). The van der Waals surface area contributed by atoms with Crippen LogP contribution >= 0.6 is 27.3 Å². The molecule has 0 spiro atoms. The molecule has 0 radical (unpaired) electrons. The van der Waals surface area contributed by atoms with Crippen LogP contribution in [0.5, 0.6) is 5.75 Å². The molecule has 19 heavy (non-hydrogen) atoms. The van der Waals surface area contributed by atoms with Crippen LogP contribution in [0.3, 0.4) is 0 Å². The quantitative estimate of drug-likeness (QED) is 0.913. The van der Waals surface area contributed by atoms with Crippen LogP contribution in [0.15, 0.2) is 40.2 Å². The van der Waals surface area contributed by atoms with Gasteiger partial charge in [-0.15, -0.1) is 11.3 Å². The smallest absolute Gasteiger partial charge is 0.261 e. The average molecular weight is 340 g/mol. The standard InChI is InChI=1S/C14H14BrNO2S/c1-9(10-4-3-5-11(8-10)18-2)16-14(17)12-6-7-13(15)19-12/h3-9H,1-2H3,(H,16,17). The first-order valence-corrected chi connectivity index (χ1v) is 7.41. The van der Waals surface area contributed by atoms with Gasteiger partial charge in [0.25, 0.3) is 5.91 Å². The fourth-order valence-corrected chi connectivity index (χ4v) is 2.99. The van der Waals surface area contributed by atoms with E-state index in [4.69, 9.17) is 4.74 Å².